The third-order valence-corrected chi connectivity index (χ3v) is 6.91. The summed E-state index contributed by atoms with van der Waals surface area (Å²) in [5, 5.41) is 10.6. The molecule has 0 atom stereocenters. The van der Waals surface area contributed by atoms with Crippen LogP contribution in [0.25, 0.3) is 5.82 Å². The third kappa shape index (κ3) is 3.85. The Labute approximate surface area is 184 Å². The van der Waals surface area contributed by atoms with E-state index in [1.165, 1.54) is 16.8 Å². The van der Waals surface area contributed by atoms with Gasteiger partial charge in [0.1, 0.15) is 18.3 Å². The van der Waals surface area contributed by atoms with Crippen molar-refractivity contribution in [2.24, 2.45) is 0 Å². The summed E-state index contributed by atoms with van der Waals surface area (Å²) in [5.41, 5.74) is 1.93. The number of pyridine rings is 1. The van der Waals surface area contributed by atoms with Crippen LogP contribution in [0.1, 0.15) is 38.5 Å². The number of ether oxygens (including phenoxy) is 1. The maximum Gasteiger partial charge on any atom is 0.261 e. The number of fused-ring (bicyclic) bond motifs is 2. The van der Waals surface area contributed by atoms with E-state index in [1.807, 2.05) is 18.2 Å². The molecular weight excluding hydrogens is 424 g/mol. The normalized spacial score (nSPS) is 17.2. The van der Waals surface area contributed by atoms with Gasteiger partial charge in [0.25, 0.3) is 5.91 Å². The second kappa shape index (κ2) is 8.81. The molecule has 30 heavy (non-hydrogen) atoms. The minimum atomic E-state index is -0.217. The van der Waals surface area contributed by atoms with E-state index in [0.717, 1.165) is 49.4 Å². The SMILES string of the molecule is Cl.O=C(NCc1cccnc1-n1cncn1)c1cc2c(s1)C1(CCNCC1)OCC2. The number of rotatable bonds is 4. The van der Waals surface area contributed by atoms with Crippen molar-refractivity contribution in [1.29, 1.82) is 0 Å². The highest BCUT2D eigenvalue weighted by atomic mass is 35.5. The van der Waals surface area contributed by atoms with Crippen LogP contribution in [0, 0.1) is 0 Å². The fourth-order valence-corrected chi connectivity index (χ4v) is 5.42. The van der Waals surface area contributed by atoms with Gasteiger partial charge in [-0.25, -0.2) is 14.6 Å². The molecule has 10 heteroatoms. The second-order valence-corrected chi connectivity index (χ2v) is 8.37. The highest BCUT2D eigenvalue weighted by molar-refractivity contribution is 7.14. The summed E-state index contributed by atoms with van der Waals surface area (Å²) in [7, 11) is 0. The van der Waals surface area contributed by atoms with Crippen molar-refractivity contribution in [1.82, 2.24) is 30.4 Å². The van der Waals surface area contributed by atoms with E-state index in [1.54, 1.807) is 28.5 Å². The number of nitrogens with one attached hydrogen (secondary N) is 2. The minimum Gasteiger partial charge on any atom is -0.369 e. The van der Waals surface area contributed by atoms with E-state index < -0.39 is 0 Å². The molecule has 2 aliphatic rings. The van der Waals surface area contributed by atoms with Crippen molar-refractivity contribution in [3.63, 3.8) is 0 Å². The van der Waals surface area contributed by atoms with Gasteiger partial charge in [-0.3, -0.25) is 4.79 Å². The van der Waals surface area contributed by atoms with Gasteiger partial charge in [0.05, 0.1) is 11.5 Å². The number of hydrogen-bond acceptors (Lipinski definition) is 7. The lowest BCUT2D eigenvalue weighted by Crippen LogP contribution is -2.43. The van der Waals surface area contributed by atoms with Crippen molar-refractivity contribution >= 4 is 29.7 Å². The summed E-state index contributed by atoms with van der Waals surface area (Å²) < 4.78 is 7.83. The summed E-state index contributed by atoms with van der Waals surface area (Å²) in [6, 6.07) is 5.83. The van der Waals surface area contributed by atoms with Crippen molar-refractivity contribution in [2.45, 2.75) is 31.4 Å². The van der Waals surface area contributed by atoms with E-state index in [2.05, 4.69) is 25.7 Å². The Balaban J connectivity index is 0.00000218. The molecule has 0 saturated carbocycles. The predicted octanol–water partition coefficient (Wildman–Crippen LogP) is 2.23. The fourth-order valence-electron chi connectivity index (χ4n) is 4.09. The summed E-state index contributed by atoms with van der Waals surface area (Å²) in [6.07, 6.45) is 7.55. The van der Waals surface area contributed by atoms with E-state index in [-0.39, 0.29) is 23.9 Å². The Hall–Kier alpha value is -2.33. The molecule has 0 bridgehead atoms. The number of piperidine rings is 1. The van der Waals surface area contributed by atoms with Gasteiger partial charge in [0, 0.05) is 23.2 Å². The molecule has 5 heterocycles. The maximum atomic E-state index is 12.9. The van der Waals surface area contributed by atoms with Crippen LogP contribution in [0.4, 0.5) is 0 Å². The molecule has 0 aromatic carbocycles. The van der Waals surface area contributed by atoms with E-state index in [4.69, 9.17) is 4.74 Å². The molecule has 8 nitrogen and oxygen atoms in total. The first-order valence-corrected chi connectivity index (χ1v) is 10.6. The van der Waals surface area contributed by atoms with Gasteiger partial charge in [-0.05, 0) is 50.0 Å². The monoisotopic (exact) mass is 446 g/mol. The van der Waals surface area contributed by atoms with Crippen molar-refractivity contribution in [3.05, 3.63) is 57.9 Å². The highest BCUT2D eigenvalue weighted by Gasteiger charge is 2.41. The molecule has 0 radical (unpaired) electrons. The van der Waals surface area contributed by atoms with Crippen molar-refractivity contribution in [3.8, 4) is 5.82 Å². The van der Waals surface area contributed by atoms with Gasteiger partial charge in [-0.1, -0.05) is 6.07 Å². The van der Waals surface area contributed by atoms with Crippen LogP contribution < -0.4 is 10.6 Å². The summed E-state index contributed by atoms with van der Waals surface area (Å²) >= 11 is 1.58. The van der Waals surface area contributed by atoms with Crippen LogP contribution in [-0.2, 0) is 23.3 Å². The topological polar surface area (TPSA) is 94.0 Å². The first-order valence-electron chi connectivity index (χ1n) is 9.80. The highest BCUT2D eigenvalue weighted by Crippen LogP contribution is 2.44. The average molecular weight is 447 g/mol. The van der Waals surface area contributed by atoms with Gasteiger partial charge in [0.2, 0.25) is 0 Å². The van der Waals surface area contributed by atoms with Gasteiger partial charge in [-0.2, -0.15) is 5.10 Å². The summed E-state index contributed by atoms with van der Waals surface area (Å²) in [5.74, 6) is 0.597. The lowest BCUT2D eigenvalue weighted by molar-refractivity contribution is -0.0771. The van der Waals surface area contributed by atoms with Crippen LogP contribution in [0.3, 0.4) is 0 Å². The average Bonchev–Trinajstić information content (AvgIpc) is 3.44. The molecule has 2 N–H and O–H groups in total. The third-order valence-electron chi connectivity index (χ3n) is 5.55. The molecule has 1 saturated heterocycles. The number of aromatic nitrogens is 4. The van der Waals surface area contributed by atoms with Crippen molar-refractivity contribution < 1.29 is 9.53 Å². The molecule has 2 aliphatic heterocycles. The molecule has 0 unspecified atom stereocenters. The molecule has 3 aromatic rings. The second-order valence-electron chi connectivity index (χ2n) is 7.32. The molecule has 3 aromatic heterocycles. The van der Waals surface area contributed by atoms with E-state index in [0.29, 0.717) is 12.4 Å². The number of hydrogen-bond donors (Lipinski definition) is 2. The molecule has 1 fully saturated rings. The van der Waals surface area contributed by atoms with Gasteiger partial charge in [0.15, 0.2) is 5.82 Å². The Bertz CT molecular complexity index is 1020. The van der Waals surface area contributed by atoms with Crippen LogP contribution >= 0.6 is 23.7 Å². The van der Waals surface area contributed by atoms with Crippen molar-refractivity contribution in [2.75, 3.05) is 19.7 Å². The van der Waals surface area contributed by atoms with Crippen LogP contribution in [0.5, 0.6) is 0 Å². The first kappa shape index (κ1) is 20.9. The number of nitrogens with zero attached hydrogens (tertiary/aromatic N) is 4. The number of thiophene rings is 1. The minimum absolute atomic E-state index is 0. The van der Waals surface area contributed by atoms with Crippen LogP contribution in [-0.4, -0.2) is 45.4 Å². The lowest BCUT2D eigenvalue weighted by Gasteiger charge is -2.40. The molecular formula is C20H23ClN6O2S. The Kier molecular flexibility index (Phi) is 6.14. The van der Waals surface area contributed by atoms with Gasteiger partial charge < -0.3 is 15.4 Å². The number of amides is 1. The molecule has 1 spiro atoms. The van der Waals surface area contributed by atoms with Crippen LogP contribution in [0.2, 0.25) is 0 Å². The zero-order valence-corrected chi connectivity index (χ0v) is 18.0. The predicted molar refractivity (Wildman–Crippen MR) is 115 cm³/mol. The summed E-state index contributed by atoms with van der Waals surface area (Å²) in [4.78, 5) is 23.2. The van der Waals surface area contributed by atoms with Crippen LogP contribution in [0.15, 0.2) is 37.1 Å². The summed E-state index contributed by atoms with van der Waals surface area (Å²) in [6.45, 7) is 2.99. The smallest absolute Gasteiger partial charge is 0.261 e. The molecule has 0 aliphatic carbocycles. The number of carbonyl (C=O) groups excluding carboxylic acids is 1. The number of carbonyl (C=O) groups is 1. The fraction of sp³-hybridized carbons (Fsp3) is 0.400. The first-order chi connectivity index (χ1) is 14.3. The Morgan fingerprint density at radius 3 is 3.03 bits per heavy atom. The zero-order valence-electron chi connectivity index (χ0n) is 16.3. The molecule has 1 amide bonds. The van der Waals surface area contributed by atoms with Gasteiger partial charge >= 0.3 is 0 Å². The quantitative estimate of drug-likeness (QED) is 0.638. The largest absolute Gasteiger partial charge is 0.369 e. The number of halogens is 1. The van der Waals surface area contributed by atoms with Gasteiger partial charge in [-0.15, -0.1) is 23.7 Å². The standard InChI is InChI=1S/C20H22N6O2S.ClH/c27-19(24-11-15-2-1-6-23-18(15)26-13-22-12-25-26)16-10-14-3-9-28-20(17(14)29-16)4-7-21-8-5-20;/h1-2,6,10,12-13,21H,3-5,7-9,11H2,(H,24,27);1H. The maximum absolute atomic E-state index is 12.9. The Morgan fingerprint density at radius 2 is 2.23 bits per heavy atom. The van der Waals surface area contributed by atoms with E-state index >= 15 is 0 Å². The van der Waals surface area contributed by atoms with E-state index in [9.17, 15) is 4.79 Å². The molecule has 158 valence electrons. The zero-order chi connectivity index (χ0) is 19.7. The Morgan fingerprint density at radius 1 is 1.37 bits per heavy atom. The molecule has 5 rings (SSSR count). The lowest BCUT2D eigenvalue weighted by atomic mass is 9.86.